The lowest BCUT2D eigenvalue weighted by atomic mass is 10.1. The number of benzene rings is 1. The SMILES string of the molecule is CCNc1nc(C)cn1-c1ccc2c(c1)CCC2. The highest BCUT2D eigenvalue weighted by Gasteiger charge is 2.13. The molecule has 0 amide bonds. The van der Waals surface area contributed by atoms with Crippen molar-refractivity contribution < 1.29 is 0 Å². The second-order valence-electron chi connectivity index (χ2n) is 4.91. The van der Waals surface area contributed by atoms with E-state index in [1.165, 1.54) is 36.1 Å². The van der Waals surface area contributed by atoms with E-state index in [1.54, 1.807) is 0 Å². The molecule has 3 nitrogen and oxygen atoms in total. The minimum atomic E-state index is 0.890. The van der Waals surface area contributed by atoms with Gasteiger partial charge in [-0.05, 0) is 56.4 Å². The molecular weight excluding hydrogens is 222 g/mol. The molecule has 1 aliphatic carbocycles. The Morgan fingerprint density at radius 3 is 2.94 bits per heavy atom. The predicted molar refractivity (Wildman–Crippen MR) is 74.5 cm³/mol. The van der Waals surface area contributed by atoms with Crippen LogP contribution in [0.5, 0.6) is 0 Å². The molecule has 0 radical (unpaired) electrons. The van der Waals surface area contributed by atoms with Crippen molar-refractivity contribution in [2.45, 2.75) is 33.1 Å². The van der Waals surface area contributed by atoms with Gasteiger partial charge in [-0.25, -0.2) is 4.98 Å². The van der Waals surface area contributed by atoms with Crippen LogP contribution in [0.1, 0.15) is 30.2 Å². The molecule has 0 saturated heterocycles. The van der Waals surface area contributed by atoms with E-state index < -0.39 is 0 Å². The number of fused-ring (bicyclic) bond motifs is 1. The van der Waals surface area contributed by atoms with Crippen molar-refractivity contribution >= 4 is 5.95 Å². The van der Waals surface area contributed by atoms with Gasteiger partial charge in [0.05, 0.1) is 5.69 Å². The Hall–Kier alpha value is -1.77. The van der Waals surface area contributed by atoms with Crippen molar-refractivity contribution in [1.82, 2.24) is 9.55 Å². The Morgan fingerprint density at radius 2 is 2.11 bits per heavy atom. The van der Waals surface area contributed by atoms with E-state index in [9.17, 15) is 0 Å². The summed E-state index contributed by atoms with van der Waals surface area (Å²) in [7, 11) is 0. The normalized spacial score (nSPS) is 13.7. The summed E-state index contributed by atoms with van der Waals surface area (Å²) in [5.74, 6) is 0.938. The third-order valence-electron chi connectivity index (χ3n) is 3.52. The largest absolute Gasteiger partial charge is 0.356 e. The van der Waals surface area contributed by atoms with E-state index in [0.29, 0.717) is 0 Å². The molecule has 0 saturated carbocycles. The lowest BCUT2D eigenvalue weighted by Crippen LogP contribution is -2.05. The Balaban J connectivity index is 2.03. The first-order valence-electron chi connectivity index (χ1n) is 6.70. The Kier molecular flexibility index (Phi) is 2.82. The van der Waals surface area contributed by atoms with Crippen LogP contribution in [-0.2, 0) is 12.8 Å². The Morgan fingerprint density at radius 1 is 1.28 bits per heavy atom. The molecule has 0 fully saturated rings. The van der Waals surface area contributed by atoms with Crippen molar-refractivity contribution in [3.8, 4) is 5.69 Å². The number of nitrogens with zero attached hydrogens (tertiary/aromatic N) is 2. The molecule has 18 heavy (non-hydrogen) atoms. The number of aromatic nitrogens is 2. The number of nitrogens with one attached hydrogen (secondary N) is 1. The molecule has 0 spiro atoms. The van der Waals surface area contributed by atoms with Crippen molar-refractivity contribution in [1.29, 1.82) is 0 Å². The first-order valence-corrected chi connectivity index (χ1v) is 6.70. The van der Waals surface area contributed by atoms with E-state index in [2.05, 4.69) is 46.2 Å². The number of rotatable bonds is 3. The summed E-state index contributed by atoms with van der Waals surface area (Å²) in [5.41, 5.74) is 5.28. The van der Waals surface area contributed by atoms with Crippen LogP contribution in [0.3, 0.4) is 0 Å². The van der Waals surface area contributed by atoms with Crippen LogP contribution in [0.4, 0.5) is 5.95 Å². The summed E-state index contributed by atoms with van der Waals surface area (Å²) in [6, 6.07) is 6.78. The van der Waals surface area contributed by atoms with Gasteiger partial charge in [0, 0.05) is 18.4 Å². The van der Waals surface area contributed by atoms with E-state index in [1.807, 2.05) is 6.92 Å². The number of anilines is 1. The molecule has 94 valence electrons. The second kappa shape index (κ2) is 4.48. The van der Waals surface area contributed by atoms with Crippen LogP contribution in [0.15, 0.2) is 24.4 Å². The molecule has 0 atom stereocenters. The minimum absolute atomic E-state index is 0.890. The van der Waals surface area contributed by atoms with Gasteiger partial charge in [-0.3, -0.25) is 4.57 Å². The van der Waals surface area contributed by atoms with E-state index >= 15 is 0 Å². The molecule has 0 unspecified atom stereocenters. The molecule has 1 N–H and O–H groups in total. The lowest BCUT2D eigenvalue weighted by molar-refractivity contribution is 0.911. The van der Waals surface area contributed by atoms with Gasteiger partial charge in [-0.15, -0.1) is 0 Å². The summed E-state index contributed by atoms with van der Waals surface area (Å²) >= 11 is 0. The highest BCUT2D eigenvalue weighted by molar-refractivity contribution is 5.48. The van der Waals surface area contributed by atoms with Gasteiger partial charge in [-0.1, -0.05) is 6.07 Å². The maximum atomic E-state index is 4.52. The quantitative estimate of drug-likeness (QED) is 0.895. The highest BCUT2D eigenvalue weighted by atomic mass is 15.2. The van der Waals surface area contributed by atoms with Gasteiger partial charge >= 0.3 is 0 Å². The highest BCUT2D eigenvalue weighted by Crippen LogP contribution is 2.26. The molecule has 1 aromatic carbocycles. The maximum absolute atomic E-state index is 4.52. The fraction of sp³-hybridized carbons (Fsp3) is 0.400. The van der Waals surface area contributed by atoms with Gasteiger partial charge in [0.15, 0.2) is 0 Å². The van der Waals surface area contributed by atoms with Gasteiger partial charge < -0.3 is 5.32 Å². The van der Waals surface area contributed by atoms with Crippen LogP contribution in [0.2, 0.25) is 0 Å². The van der Waals surface area contributed by atoms with Gasteiger partial charge in [0.25, 0.3) is 0 Å². The summed E-state index contributed by atoms with van der Waals surface area (Å²) in [6.07, 6.45) is 5.84. The molecule has 0 aliphatic heterocycles. The third kappa shape index (κ3) is 1.90. The van der Waals surface area contributed by atoms with Crippen LogP contribution < -0.4 is 5.32 Å². The van der Waals surface area contributed by atoms with Crippen molar-refractivity contribution in [2.24, 2.45) is 0 Å². The smallest absolute Gasteiger partial charge is 0.207 e. The minimum Gasteiger partial charge on any atom is -0.356 e. The molecule has 0 bridgehead atoms. The van der Waals surface area contributed by atoms with Crippen LogP contribution in [0.25, 0.3) is 5.69 Å². The van der Waals surface area contributed by atoms with Gasteiger partial charge in [-0.2, -0.15) is 0 Å². The van der Waals surface area contributed by atoms with Crippen LogP contribution in [0, 0.1) is 6.92 Å². The van der Waals surface area contributed by atoms with Crippen molar-refractivity contribution in [3.05, 3.63) is 41.2 Å². The first-order chi connectivity index (χ1) is 8.78. The fourth-order valence-electron chi connectivity index (χ4n) is 2.69. The van der Waals surface area contributed by atoms with Crippen LogP contribution in [-0.4, -0.2) is 16.1 Å². The van der Waals surface area contributed by atoms with Crippen molar-refractivity contribution in [2.75, 3.05) is 11.9 Å². The fourth-order valence-corrected chi connectivity index (χ4v) is 2.69. The number of hydrogen-bond acceptors (Lipinski definition) is 2. The number of hydrogen-bond donors (Lipinski definition) is 1. The average Bonchev–Trinajstić information content (AvgIpc) is 2.95. The van der Waals surface area contributed by atoms with Gasteiger partial charge in [0.2, 0.25) is 5.95 Å². The lowest BCUT2D eigenvalue weighted by Gasteiger charge is -2.10. The van der Waals surface area contributed by atoms with Crippen LogP contribution >= 0.6 is 0 Å². The Labute approximate surface area is 108 Å². The zero-order valence-corrected chi connectivity index (χ0v) is 11.0. The Bertz CT molecular complexity index is 569. The maximum Gasteiger partial charge on any atom is 0.207 e. The monoisotopic (exact) mass is 241 g/mol. The summed E-state index contributed by atoms with van der Waals surface area (Å²) in [5, 5.41) is 3.32. The van der Waals surface area contributed by atoms with E-state index in [4.69, 9.17) is 0 Å². The predicted octanol–water partition coefficient (Wildman–Crippen LogP) is 3.10. The molecule has 1 aromatic heterocycles. The number of aryl methyl sites for hydroxylation is 3. The zero-order valence-electron chi connectivity index (χ0n) is 11.0. The number of imidazole rings is 1. The second-order valence-corrected chi connectivity index (χ2v) is 4.91. The van der Waals surface area contributed by atoms with Gasteiger partial charge in [0.1, 0.15) is 0 Å². The van der Waals surface area contributed by atoms with E-state index in [-0.39, 0.29) is 0 Å². The summed E-state index contributed by atoms with van der Waals surface area (Å²) in [6.45, 7) is 5.02. The first kappa shape index (κ1) is 11.3. The molecule has 3 rings (SSSR count). The summed E-state index contributed by atoms with van der Waals surface area (Å²) in [4.78, 5) is 4.52. The molecular formula is C15H19N3. The third-order valence-corrected chi connectivity index (χ3v) is 3.52. The molecule has 3 heteroatoms. The summed E-state index contributed by atoms with van der Waals surface area (Å²) < 4.78 is 2.15. The zero-order chi connectivity index (χ0) is 12.5. The molecule has 2 aromatic rings. The average molecular weight is 241 g/mol. The standard InChI is InChI=1S/C15H19N3/c1-3-16-15-17-11(2)10-18(15)14-8-7-12-5-4-6-13(12)9-14/h7-10H,3-6H2,1-2H3,(H,16,17). The van der Waals surface area contributed by atoms with E-state index in [0.717, 1.165) is 18.2 Å². The van der Waals surface area contributed by atoms with Crippen molar-refractivity contribution in [3.63, 3.8) is 0 Å². The molecule has 1 aliphatic rings. The topological polar surface area (TPSA) is 29.9 Å². The molecule has 1 heterocycles.